The minimum Gasteiger partial charge on any atom is -0.331 e. The van der Waals surface area contributed by atoms with Gasteiger partial charge in [0.05, 0.1) is 25.2 Å². The summed E-state index contributed by atoms with van der Waals surface area (Å²) in [6, 6.07) is 9.24. The largest absolute Gasteiger partial charge is 0.347 e. The molecule has 6 heteroatoms. The van der Waals surface area contributed by atoms with Gasteiger partial charge in [0, 0.05) is 0 Å². The lowest BCUT2D eigenvalue weighted by atomic mass is 10.1. The first-order valence-corrected chi connectivity index (χ1v) is 6.98. The van der Waals surface area contributed by atoms with E-state index in [0.29, 0.717) is 12.4 Å². The summed E-state index contributed by atoms with van der Waals surface area (Å²) in [5.74, 6) is 0.533. The number of rotatable bonds is 6. The molecule has 0 saturated carbocycles. The van der Waals surface area contributed by atoms with Crippen molar-refractivity contribution in [2.75, 3.05) is 11.9 Å². The van der Waals surface area contributed by atoms with Gasteiger partial charge >= 0.3 is 6.03 Å². The molecule has 0 fully saturated rings. The van der Waals surface area contributed by atoms with E-state index in [9.17, 15) is 4.79 Å². The maximum absolute atomic E-state index is 12.4. The number of benzene rings is 1. The zero-order valence-electron chi connectivity index (χ0n) is 12.2. The smallest absolute Gasteiger partial charge is 0.331 e. The molecule has 2 aromatic rings. The van der Waals surface area contributed by atoms with Crippen LogP contribution in [0.2, 0.25) is 0 Å². The number of nitrogens with one attached hydrogen (secondary N) is 2. The third kappa shape index (κ3) is 4.06. The molecule has 6 nitrogen and oxygen atoms in total. The van der Waals surface area contributed by atoms with Crippen LogP contribution in [0.5, 0.6) is 0 Å². The van der Waals surface area contributed by atoms with Crippen LogP contribution in [-0.2, 0) is 4.84 Å². The minimum atomic E-state index is -0.330. The molecule has 2 rings (SSSR count). The molecule has 1 aromatic heterocycles. The van der Waals surface area contributed by atoms with Crippen molar-refractivity contribution in [1.82, 2.24) is 15.0 Å². The van der Waals surface area contributed by atoms with E-state index in [-0.39, 0.29) is 12.1 Å². The van der Waals surface area contributed by atoms with Crippen molar-refractivity contribution >= 4 is 11.8 Å². The van der Waals surface area contributed by atoms with E-state index in [2.05, 4.69) is 15.3 Å². The number of aromatic nitrogens is 2. The van der Waals surface area contributed by atoms with Gasteiger partial charge in [-0.3, -0.25) is 10.2 Å². The fourth-order valence-electron chi connectivity index (χ4n) is 1.90. The first kappa shape index (κ1) is 15.1. The minimum absolute atomic E-state index is 0.194. The van der Waals surface area contributed by atoms with Gasteiger partial charge in [-0.1, -0.05) is 37.3 Å². The number of carbonyl (C=O) groups excluding carboxylic acids is 1. The number of aromatic amines is 1. The number of hydroxylamine groups is 2. The first-order valence-electron chi connectivity index (χ1n) is 6.98. The van der Waals surface area contributed by atoms with Crippen LogP contribution in [0.3, 0.4) is 0 Å². The summed E-state index contributed by atoms with van der Waals surface area (Å²) in [5.41, 5.74) is 1.01. The first-order chi connectivity index (χ1) is 10.2. The van der Waals surface area contributed by atoms with E-state index in [0.717, 1.165) is 12.0 Å². The highest BCUT2D eigenvalue weighted by molar-refractivity contribution is 5.87. The average molecular weight is 288 g/mol. The van der Waals surface area contributed by atoms with Gasteiger partial charge in [-0.2, -0.15) is 5.06 Å². The summed E-state index contributed by atoms with van der Waals surface area (Å²) in [6.07, 6.45) is 3.88. The summed E-state index contributed by atoms with van der Waals surface area (Å²) in [5, 5.41) is 4.09. The molecule has 0 radical (unpaired) electrons. The molecule has 1 atom stereocenters. The summed E-state index contributed by atoms with van der Waals surface area (Å²) in [7, 11) is 0. The maximum Gasteiger partial charge on any atom is 0.347 e. The zero-order valence-corrected chi connectivity index (χ0v) is 12.2. The second-order valence-corrected chi connectivity index (χ2v) is 4.64. The van der Waals surface area contributed by atoms with Crippen molar-refractivity contribution in [2.24, 2.45) is 0 Å². The molecule has 0 aliphatic carbocycles. The molecule has 1 heterocycles. The fraction of sp³-hybridized carbons (Fsp3) is 0.333. The molecule has 0 spiro atoms. The monoisotopic (exact) mass is 288 g/mol. The van der Waals surface area contributed by atoms with Gasteiger partial charge in [-0.25, -0.2) is 9.78 Å². The van der Waals surface area contributed by atoms with Gasteiger partial charge in [-0.05, 0) is 18.9 Å². The lowest BCUT2D eigenvalue weighted by molar-refractivity contribution is -0.138. The molecule has 1 aromatic carbocycles. The predicted molar refractivity (Wildman–Crippen MR) is 80.5 cm³/mol. The van der Waals surface area contributed by atoms with Crippen molar-refractivity contribution in [3.05, 3.63) is 48.4 Å². The van der Waals surface area contributed by atoms with Gasteiger partial charge in [0.15, 0.2) is 0 Å². The number of hydrogen-bond acceptors (Lipinski definition) is 3. The highest BCUT2D eigenvalue weighted by Crippen LogP contribution is 2.21. The number of H-pyrrole nitrogens is 1. The summed E-state index contributed by atoms with van der Waals surface area (Å²) in [4.78, 5) is 24.7. The Kier molecular flexibility index (Phi) is 5.34. The molecule has 21 heavy (non-hydrogen) atoms. The Morgan fingerprint density at radius 1 is 1.43 bits per heavy atom. The van der Waals surface area contributed by atoms with E-state index < -0.39 is 0 Å². The summed E-state index contributed by atoms with van der Waals surface area (Å²) >= 11 is 0. The molecule has 0 aliphatic heterocycles. The Labute approximate surface area is 124 Å². The number of imidazole rings is 1. The van der Waals surface area contributed by atoms with Crippen molar-refractivity contribution in [3.8, 4) is 0 Å². The molecule has 0 aliphatic rings. The highest BCUT2D eigenvalue weighted by Gasteiger charge is 2.23. The van der Waals surface area contributed by atoms with Crippen LogP contribution in [0.4, 0.5) is 10.6 Å². The topological polar surface area (TPSA) is 70.2 Å². The summed E-state index contributed by atoms with van der Waals surface area (Å²) < 4.78 is 0. The molecule has 2 N–H and O–H groups in total. The van der Waals surface area contributed by atoms with Crippen LogP contribution in [0.1, 0.15) is 31.9 Å². The van der Waals surface area contributed by atoms with Crippen LogP contribution < -0.4 is 5.32 Å². The SMILES string of the molecule is CCCON(C(=O)Nc1cnc[nH]1)C(C)c1ccccc1. The van der Waals surface area contributed by atoms with Crippen molar-refractivity contribution in [1.29, 1.82) is 0 Å². The Morgan fingerprint density at radius 3 is 2.81 bits per heavy atom. The van der Waals surface area contributed by atoms with Crippen LogP contribution in [0.25, 0.3) is 0 Å². The molecule has 1 unspecified atom stereocenters. The summed E-state index contributed by atoms with van der Waals surface area (Å²) in [6.45, 7) is 4.41. The second kappa shape index (κ2) is 7.44. The lowest BCUT2D eigenvalue weighted by Gasteiger charge is -2.28. The van der Waals surface area contributed by atoms with Gasteiger partial charge < -0.3 is 4.98 Å². The third-order valence-electron chi connectivity index (χ3n) is 3.01. The van der Waals surface area contributed by atoms with E-state index in [4.69, 9.17) is 4.84 Å². The quantitative estimate of drug-likeness (QED) is 0.801. The molecular formula is C15H20N4O2. The third-order valence-corrected chi connectivity index (χ3v) is 3.01. The molecule has 112 valence electrons. The second-order valence-electron chi connectivity index (χ2n) is 4.64. The molecule has 2 amide bonds. The standard InChI is InChI=1S/C15H20N4O2/c1-3-9-21-19(12(2)13-7-5-4-6-8-13)15(20)18-14-10-16-11-17-14/h4-8,10-12H,3,9H2,1-2H3,(H,16,17)(H,18,20). The zero-order chi connectivity index (χ0) is 15.1. The van der Waals surface area contributed by atoms with Crippen molar-refractivity contribution < 1.29 is 9.63 Å². The number of hydrogen-bond donors (Lipinski definition) is 2. The normalized spacial score (nSPS) is 11.9. The number of amides is 2. The molecular weight excluding hydrogens is 268 g/mol. The predicted octanol–water partition coefficient (Wildman–Crippen LogP) is 3.35. The highest BCUT2D eigenvalue weighted by atomic mass is 16.7. The Morgan fingerprint density at radius 2 is 2.19 bits per heavy atom. The van der Waals surface area contributed by atoms with Crippen molar-refractivity contribution in [3.63, 3.8) is 0 Å². The van der Waals surface area contributed by atoms with Crippen LogP contribution in [0.15, 0.2) is 42.9 Å². The Hall–Kier alpha value is -2.34. The van der Waals surface area contributed by atoms with E-state index in [1.165, 1.54) is 11.4 Å². The van der Waals surface area contributed by atoms with Gasteiger partial charge in [-0.15, -0.1) is 0 Å². The lowest BCUT2D eigenvalue weighted by Crippen LogP contribution is -2.37. The van der Waals surface area contributed by atoms with Gasteiger partial charge in [0.1, 0.15) is 5.82 Å². The fourth-order valence-corrected chi connectivity index (χ4v) is 1.90. The molecule has 0 bridgehead atoms. The van der Waals surface area contributed by atoms with Gasteiger partial charge in [0.2, 0.25) is 0 Å². The number of nitrogens with zero attached hydrogens (tertiary/aromatic N) is 2. The number of anilines is 1. The van der Waals surface area contributed by atoms with Crippen LogP contribution >= 0.6 is 0 Å². The maximum atomic E-state index is 12.4. The Bertz CT molecular complexity index is 542. The number of carbonyl (C=O) groups is 1. The van der Waals surface area contributed by atoms with E-state index in [1.54, 1.807) is 6.20 Å². The van der Waals surface area contributed by atoms with Crippen molar-refractivity contribution in [2.45, 2.75) is 26.3 Å². The molecule has 0 saturated heterocycles. The average Bonchev–Trinajstić information content (AvgIpc) is 3.01. The Balaban J connectivity index is 2.11. The van der Waals surface area contributed by atoms with E-state index in [1.807, 2.05) is 44.2 Å². The van der Waals surface area contributed by atoms with E-state index >= 15 is 0 Å². The van der Waals surface area contributed by atoms with Crippen LogP contribution in [-0.4, -0.2) is 27.7 Å². The number of urea groups is 1. The van der Waals surface area contributed by atoms with Crippen LogP contribution in [0, 0.1) is 0 Å². The van der Waals surface area contributed by atoms with Gasteiger partial charge in [0.25, 0.3) is 0 Å².